The molecule has 0 atom stereocenters. The molecule has 25 heavy (non-hydrogen) atoms. The number of halogens is 1. The van der Waals surface area contributed by atoms with Gasteiger partial charge in [-0.15, -0.1) is 5.10 Å². The van der Waals surface area contributed by atoms with Crippen molar-refractivity contribution >= 4 is 40.6 Å². The second-order valence-corrected chi connectivity index (χ2v) is 7.71. The van der Waals surface area contributed by atoms with Crippen LogP contribution in [-0.4, -0.2) is 45.0 Å². The van der Waals surface area contributed by atoms with Crippen molar-refractivity contribution in [3.8, 4) is 0 Å². The fraction of sp³-hybridized carbons (Fsp3) is 0.500. The van der Waals surface area contributed by atoms with Gasteiger partial charge in [0, 0.05) is 18.1 Å². The normalized spacial score (nSPS) is 17.1. The highest BCUT2D eigenvalue weighted by molar-refractivity contribution is 7.99. The van der Waals surface area contributed by atoms with Crippen LogP contribution in [0.3, 0.4) is 0 Å². The predicted octanol–water partition coefficient (Wildman–Crippen LogP) is 2.99. The highest BCUT2D eigenvalue weighted by Crippen LogP contribution is 2.36. The Morgan fingerprint density at radius 3 is 2.88 bits per heavy atom. The Bertz CT molecular complexity index is 772. The number of nitrogens with one attached hydrogen (secondary N) is 1. The van der Waals surface area contributed by atoms with E-state index in [0.29, 0.717) is 16.2 Å². The van der Waals surface area contributed by atoms with Crippen LogP contribution in [0.5, 0.6) is 0 Å². The van der Waals surface area contributed by atoms with Crippen LogP contribution in [-0.2, 0) is 4.79 Å². The fourth-order valence-corrected chi connectivity index (χ4v) is 3.90. The molecular weight excluding hydrogens is 360 g/mol. The summed E-state index contributed by atoms with van der Waals surface area (Å²) in [5.74, 6) is 0.178. The summed E-state index contributed by atoms with van der Waals surface area (Å²) in [6.45, 7) is 2.02. The van der Waals surface area contributed by atoms with Crippen molar-refractivity contribution in [3.63, 3.8) is 0 Å². The molecule has 2 heterocycles. The summed E-state index contributed by atoms with van der Waals surface area (Å²) in [4.78, 5) is 14.7. The Hall–Kier alpha value is -1.80. The average molecular weight is 379 g/mol. The summed E-state index contributed by atoms with van der Waals surface area (Å²) in [5.41, 5.74) is 1.80. The third kappa shape index (κ3) is 3.90. The zero-order valence-electron chi connectivity index (χ0n) is 13.7. The van der Waals surface area contributed by atoms with Gasteiger partial charge in [0.2, 0.25) is 11.1 Å². The van der Waals surface area contributed by atoms with Crippen LogP contribution in [0.15, 0.2) is 23.4 Å². The summed E-state index contributed by atoms with van der Waals surface area (Å²) < 4.78 is 1.81. The lowest BCUT2D eigenvalue weighted by atomic mass is 10.2. The molecule has 0 spiro atoms. The molecule has 2 fully saturated rings. The van der Waals surface area contributed by atoms with Crippen molar-refractivity contribution in [2.45, 2.75) is 36.9 Å². The summed E-state index contributed by atoms with van der Waals surface area (Å²) in [5, 5.41) is 16.0. The van der Waals surface area contributed by atoms with E-state index in [4.69, 9.17) is 11.6 Å². The first kappa shape index (κ1) is 16.7. The van der Waals surface area contributed by atoms with E-state index in [2.05, 4.69) is 25.7 Å². The van der Waals surface area contributed by atoms with Gasteiger partial charge in [-0.3, -0.25) is 4.79 Å². The molecule has 2 aliphatic rings. The number of amides is 1. The number of carbonyl (C=O) groups is 1. The van der Waals surface area contributed by atoms with Gasteiger partial charge in [0.05, 0.1) is 23.2 Å². The number of aromatic nitrogens is 4. The van der Waals surface area contributed by atoms with Crippen LogP contribution in [0.1, 0.15) is 31.7 Å². The van der Waals surface area contributed by atoms with Gasteiger partial charge in [0.15, 0.2) is 0 Å². The van der Waals surface area contributed by atoms with Gasteiger partial charge in [0.25, 0.3) is 0 Å². The molecule has 0 unspecified atom stereocenters. The maximum Gasteiger partial charge on any atom is 0.234 e. The molecule has 1 saturated carbocycles. The largest absolute Gasteiger partial charge is 0.370 e. The zero-order valence-corrected chi connectivity index (χ0v) is 15.3. The van der Waals surface area contributed by atoms with Crippen molar-refractivity contribution in [2.24, 2.45) is 0 Å². The number of carbonyl (C=O) groups excluding carboxylic acids is 1. The Morgan fingerprint density at radius 1 is 1.32 bits per heavy atom. The molecule has 1 N–H and O–H groups in total. The Balaban J connectivity index is 1.41. The van der Waals surface area contributed by atoms with Crippen LogP contribution in [0.2, 0.25) is 5.02 Å². The predicted molar refractivity (Wildman–Crippen MR) is 98.3 cm³/mol. The van der Waals surface area contributed by atoms with Crippen molar-refractivity contribution in [1.29, 1.82) is 0 Å². The molecule has 0 bridgehead atoms. The summed E-state index contributed by atoms with van der Waals surface area (Å²) in [6.07, 6.45) is 4.56. The number of hydrogen-bond donors (Lipinski definition) is 1. The number of thioether (sulfide) groups is 1. The maximum atomic E-state index is 12.4. The molecule has 1 aromatic carbocycles. The second kappa shape index (κ2) is 7.21. The minimum absolute atomic E-state index is 0.0851. The lowest BCUT2D eigenvalue weighted by Crippen LogP contribution is -2.22. The SMILES string of the molecule is O=C(CSc1nnnn1C1CC1)Nc1cc(Cl)ccc1N1CCCC1. The van der Waals surface area contributed by atoms with Crippen molar-refractivity contribution in [3.05, 3.63) is 23.2 Å². The topological polar surface area (TPSA) is 75.9 Å². The molecule has 7 nitrogen and oxygen atoms in total. The van der Waals surface area contributed by atoms with Gasteiger partial charge >= 0.3 is 0 Å². The molecule has 0 radical (unpaired) electrons. The third-order valence-corrected chi connectivity index (χ3v) is 5.54. The molecule has 9 heteroatoms. The minimum Gasteiger partial charge on any atom is -0.370 e. The van der Waals surface area contributed by atoms with Crippen LogP contribution >= 0.6 is 23.4 Å². The van der Waals surface area contributed by atoms with Crippen LogP contribution in [0.4, 0.5) is 11.4 Å². The quantitative estimate of drug-likeness (QED) is 0.779. The monoisotopic (exact) mass is 378 g/mol. The smallest absolute Gasteiger partial charge is 0.234 e. The molecule has 1 saturated heterocycles. The lowest BCUT2D eigenvalue weighted by Gasteiger charge is -2.21. The maximum absolute atomic E-state index is 12.4. The number of anilines is 2. The van der Waals surface area contributed by atoms with Crippen molar-refractivity contribution < 1.29 is 4.79 Å². The highest BCUT2D eigenvalue weighted by atomic mass is 35.5. The third-order valence-electron chi connectivity index (χ3n) is 4.37. The number of nitrogens with zero attached hydrogens (tertiary/aromatic N) is 5. The van der Waals surface area contributed by atoms with Crippen molar-refractivity contribution in [1.82, 2.24) is 20.2 Å². The summed E-state index contributed by atoms with van der Waals surface area (Å²) in [7, 11) is 0. The van der Waals surface area contributed by atoms with E-state index in [1.165, 1.54) is 24.6 Å². The van der Waals surface area contributed by atoms with Crippen LogP contribution in [0, 0.1) is 0 Å². The molecule has 132 valence electrons. The van der Waals surface area contributed by atoms with E-state index in [1.807, 2.05) is 22.9 Å². The first-order valence-electron chi connectivity index (χ1n) is 8.46. The number of hydrogen-bond acceptors (Lipinski definition) is 6. The first-order valence-corrected chi connectivity index (χ1v) is 9.82. The molecule has 1 amide bonds. The number of tetrazole rings is 1. The van der Waals surface area contributed by atoms with Gasteiger partial charge in [0.1, 0.15) is 0 Å². The van der Waals surface area contributed by atoms with E-state index < -0.39 is 0 Å². The van der Waals surface area contributed by atoms with Gasteiger partial charge in [-0.05, 0) is 54.3 Å². The van der Waals surface area contributed by atoms with Gasteiger partial charge in [-0.25, -0.2) is 4.68 Å². The fourth-order valence-electron chi connectivity index (χ4n) is 2.99. The van der Waals surface area contributed by atoms with Gasteiger partial charge in [-0.1, -0.05) is 23.4 Å². The Labute approximate surface area is 155 Å². The molecule has 2 aromatic rings. The standard InChI is InChI=1S/C16H19ClN6OS/c17-11-3-6-14(22-7-1-2-8-22)13(9-11)18-15(24)10-25-16-19-20-21-23(16)12-4-5-12/h3,6,9,12H,1-2,4-5,7-8,10H2,(H,18,24). The highest BCUT2D eigenvalue weighted by Gasteiger charge is 2.28. The summed E-state index contributed by atoms with van der Waals surface area (Å²) >= 11 is 7.48. The van der Waals surface area contributed by atoms with Crippen LogP contribution in [0.25, 0.3) is 0 Å². The lowest BCUT2D eigenvalue weighted by molar-refractivity contribution is -0.113. The average Bonchev–Trinajstić information content (AvgIpc) is 3.10. The second-order valence-electron chi connectivity index (χ2n) is 6.33. The van der Waals surface area contributed by atoms with E-state index in [1.54, 1.807) is 0 Å². The van der Waals surface area contributed by atoms with E-state index in [0.717, 1.165) is 37.3 Å². The number of rotatable bonds is 6. The molecule has 1 aromatic heterocycles. The minimum atomic E-state index is -0.0851. The number of benzene rings is 1. The van der Waals surface area contributed by atoms with Crippen molar-refractivity contribution in [2.75, 3.05) is 29.1 Å². The van der Waals surface area contributed by atoms with Gasteiger partial charge < -0.3 is 10.2 Å². The van der Waals surface area contributed by atoms with Gasteiger partial charge in [-0.2, -0.15) is 0 Å². The summed E-state index contributed by atoms with van der Waals surface area (Å²) in [6, 6.07) is 6.05. The van der Waals surface area contributed by atoms with E-state index >= 15 is 0 Å². The Morgan fingerprint density at radius 2 is 2.12 bits per heavy atom. The molecule has 4 rings (SSSR count). The van der Waals surface area contributed by atoms with E-state index in [9.17, 15) is 4.79 Å². The molecular formula is C16H19ClN6OS. The van der Waals surface area contributed by atoms with Crippen LogP contribution < -0.4 is 10.2 Å². The zero-order chi connectivity index (χ0) is 17.2. The Kier molecular flexibility index (Phi) is 4.80. The first-order chi connectivity index (χ1) is 12.2. The molecule has 1 aliphatic heterocycles. The molecule has 1 aliphatic carbocycles. The van der Waals surface area contributed by atoms with E-state index in [-0.39, 0.29) is 11.7 Å².